The molecule has 1 rings (SSSR count). The molecule has 0 atom stereocenters. The van der Waals surface area contributed by atoms with Gasteiger partial charge in [0.05, 0.1) is 6.10 Å². The lowest BCUT2D eigenvalue weighted by Gasteiger charge is -2.50. The Morgan fingerprint density at radius 2 is 2.09 bits per heavy atom. The molecule has 0 saturated heterocycles. The molecule has 11 heavy (non-hydrogen) atoms. The van der Waals surface area contributed by atoms with Crippen molar-refractivity contribution in [2.24, 2.45) is 5.73 Å². The van der Waals surface area contributed by atoms with E-state index in [4.69, 9.17) is 10.5 Å². The Kier molecular flexibility index (Phi) is 2.52. The summed E-state index contributed by atoms with van der Waals surface area (Å²) < 4.78 is 5.21. The van der Waals surface area contributed by atoms with Crippen molar-refractivity contribution in [2.45, 2.75) is 24.5 Å². The van der Waals surface area contributed by atoms with Gasteiger partial charge in [0.15, 0.2) is 0 Å². The number of ether oxygens (including phenoxy) is 1. The van der Waals surface area contributed by atoms with Crippen molar-refractivity contribution in [3.05, 3.63) is 0 Å². The third-order valence-electron chi connectivity index (χ3n) is 2.88. The van der Waals surface area contributed by atoms with E-state index in [0.29, 0.717) is 6.10 Å². The number of hydrogen-bond acceptors (Lipinski definition) is 3. The Morgan fingerprint density at radius 1 is 1.55 bits per heavy atom. The highest BCUT2D eigenvalue weighted by Gasteiger charge is 2.44. The number of hydrogen-bond donors (Lipinski definition) is 1. The molecule has 1 aliphatic carbocycles. The molecule has 0 aliphatic heterocycles. The van der Waals surface area contributed by atoms with E-state index in [1.807, 2.05) is 0 Å². The molecule has 3 nitrogen and oxygen atoms in total. The number of nitrogens with two attached hydrogens (primary N) is 1. The van der Waals surface area contributed by atoms with Crippen LogP contribution in [0.2, 0.25) is 0 Å². The summed E-state index contributed by atoms with van der Waals surface area (Å²) >= 11 is 0. The number of likely N-dealkylation sites (N-methyl/N-ethyl adjacent to an activating group) is 1. The first-order chi connectivity index (χ1) is 5.14. The van der Waals surface area contributed by atoms with Gasteiger partial charge in [-0.3, -0.25) is 0 Å². The van der Waals surface area contributed by atoms with E-state index in [9.17, 15) is 0 Å². The molecule has 0 aromatic rings. The molecule has 1 aliphatic rings. The molecule has 1 saturated carbocycles. The molecule has 2 N–H and O–H groups in total. The predicted molar refractivity (Wildman–Crippen MR) is 45.5 cm³/mol. The van der Waals surface area contributed by atoms with Crippen LogP contribution in [0.5, 0.6) is 0 Å². The van der Waals surface area contributed by atoms with E-state index >= 15 is 0 Å². The van der Waals surface area contributed by atoms with Crippen LogP contribution < -0.4 is 5.73 Å². The van der Waals surface area contributed by atoms with E-state index < -0.39 is 0 Å². The first-order valence-electron chi connectivity index (χ1n) is 4.05. The van der Waals surface area contributed by atoms with Gasteiger partial charge in [0.25, 0.3) is 0 Å². The fourth-order valence-corrected chi connectivity index (χ4v) is 1.67. The molecule has 66 valence electrons. The van der Waals surface area contributed by atoms with E-state index in [0.717, 1.165) is 19.4 Å². The van der Waals surface area contributed by atoms with Crippen molar-refractivity contribution in [2.75, 3.05) is 27.7 Å². The van der Waals surface area contributed by atoms with E-state index in [1.165, 1.54) is 0 Å². The Morgan fingerprint density at radius 3 is 2.36 bits per heavy atom. The van der Waals surface area contributed by atoms with E-state index in [2.05, 4.69) is 19.0 Å². The molecule has 1 fully saturated rings. The fourth-order valence-electron chi connectivity index (χ4n) is 1.67. The van der Waals surface area contributed by atoms with E-state index in [1.54, 1.807) is 7.11 Å². The summed E-state index contributed by atoms with van der Waals surface area (Å²) in [5, 5.41) is 0. The molecule has 0 heterocycles. The second-order valence-electron chi connectivity index (χ2n) is 3.59. The molecule has 0 aromatic heterocycles. The summed E-state index contributed by atoms with van der Waals surface area (Å²) in [7, 11) is 5.93. The zero-order valence-corrected chi connectivity index (χ0v) is 7.63. The Labute approximate surface area is 68.5 Å². The first kappa shape index (κ1) is 8.97. The van der Waals surface area contributed by atoms with Crippen LogP contribution in [-0.2, 0) is 4.74 Å². The van der Waals surface area contributed by atoms with Crippen molar-refractivity contribution < 1.29 is 4.74 Å². The van der Waals surface area contributed by atoms with Crippen molar-refractivity contribution in [3.8, 4) is 0 Å². The largest absolute Gasteiger partial charge is 0.381 e. The summed E-state index contributed by atoms with van der Waals surface area (Å²) in [6, 6.07) is 0. The highest BCUT2D eigenvalue weighted by molar-refractivity contribution is 5.02. The van der Waals surface area contributed by atoms with Gasteiger partial charge in [-0.25, -0.2) is 0 Å². The first-order valence-corrected chi connectivity index (χ1v) is 4.05. The van der Waals surface area contributed by atoms with Gasteiger partial charge < -0.3 is 15.4 Å². The zero-order valence-electron chi connectivity index (χ0n) is 7.63. The molecule has 0 unspecified atom stereocenters. The van der Waals surface area contributed by atoms with Crippen molar-refractivity contribution >= 4 is 0 Å². The van der Waals surface area contributed by atoms with Crippen LogP contribution in [0.4, 0.5) is 0 Å². The Bertz CT molecular complexity index is 130. The Balaban J connectivity index is 2.43. The van der Waals surface area contributed by atoms with Crippen molar-refractivity contribution in [1.82, 2.24) is 4.90 Å². The lowest BCUT2D eigenvalue weighted by molar-refractivity contribution is -0.0698. The minimum Gasteiger partial charge on any atom is -0.381 e. The van der Waals surface area contributed by atoms with Crippen LogP contribution in [0.1, 0.15) is 12.8 Å². The highest BCUT2D eigenvalue weighted by atomic mass is 16.5. The van der Waals surface area contributed by atoms with Gasteiger partial charge in [-0.05, 0) is 26.9 Å². The average Bonchev–Trinajstić information content (AvgIpc) is 1.86. The number of nitrogens with zero attached hydrogens (tertiary/aromatic N) is 1. The van der Waals surface area contributed by atoms with Crippen molar-refractivity contribution in [1.29, 1.82) is 0 Å². The summed E-state index contributed by atoms with van der Waals surface area (Å²) in [5.74, 6) is 0. The van der Waals surface area contributed by atoms with Crippen molar-refractivity contribution in [3.63, 3.8) is 0 Å². The van der Waals surface area contributed by atoms with E-state index in [-0.39, 0.29) is 5.54 Å². The highest BCUT2D eigenvalue weighted by Crippen LogP contribution is 2.36. The van der Waals surface area contributed by atoms with Crippen LogP contribution in [0, 0.1) is 0 Å². The summed E-state index contributed by atoms with van der Waals surface area (Å²) in [4.78, 5) is 2.21. The van der Waals surface area contributed by atoms with Crippen LogP contribution in [0.15, 0.2) is 0 Å². The maximum atomic E-state index is 5.69. The second kappa shape index (κ2) is 3.09. The smallest absolute Gasteiger partial charge is 0.0607 e. The average molecular weight is 158 g/mol. The lowest BCUT2D eigenvalue weighted by atomic mass is 9.73. The maximum Gasteiger partial charge on any atom is 0.0607 e. The third kappa shape index (κ3) is 1.41. The van der Waals surface area contributed by atoms with Gasteiger partial charge in [-0.15, -0.1) is 0 Å². The van der Waals surface area contributed by atoms with Gasteiger partial charge in [-0.1, -0.05) is 0 Å². The molecule has 0 amide bonds. The molecular formula is C8H18N2O. The van der Waals surface area contributed by atoms with Crippen LogP contribution in [-0.4, -0.2) is 44.3 Å². The number of rotatable bonds is 3. The maximum absolute atomic E-state index is 5.69. The Hall–Kier alpha value is -0.120. The zero-order chi connectivity index (χ0) is 8.48. The van der Waals surface area contributed by atoms with Gasteiger partial charge in [0.1, 0.15) is 0 Å². The van der Waals surface area contributed by atoms with Crippen LogP contribution >= 0.6 is 0 Å². The van der Waals surface area contributed by atoms with Gasteiger partial charge >= 0.3 is 0 Å². The molecule has 0 spiro atoms. The quantitative estimate of drug-likeness (QED) is 0.631. The predicted octanol–water partition coefficient (Wildman–Crippen LogP) is 0.0543. The van der Waals surface area contributed by atoms with Crippen LogP contribution in [0.3, 0.4) is 0 Å². The molecule has 0 aromatic carbocycles. The van der Waals surface area contributed by atoms with Crippen LogP contribution in [0.25, 0.3) is 0 Å². The summed E-state index contributed by atoms with van der Waals surface area (Å²) in [5.41, 5.74) is 5.91. The summed E-state index contributed by atoms with van der Waals surface area (Å²) in [6.45, 7) is 0.736. The molecule has 3 heteroatoms. The molecule has 0 bridgehead atoms. The third-order valence-corrected chi connectivity index (χ3v) is 2.88. The van der Waals surface area contributed by atoms with Gasteiger partial charge in [0, 0.05) is 19.2 Å². The minimum atomic E-state index is 0.223. The lowest BCUT2D eigenvalue weighted by Crippen LogP contribution is -2.61. The SMILES string of the molecule is COC1CC(CN)(N(C)C)C1. The monoisotopic (exact) mass is 158 g/mol. The second-order valence-corrected chi connectivity index (χ2v) is 3.59. The normalized spacial score (nSPS) is 37.4. The molecule has 0 radical (unpaired) electrons. The van der Waals surface area contributed by atoms with Gasteiger partial charge in [0.2, 0.25) is 0 Å². The number of methoxy groups -OCH3 is 1. The molecular weight excluding hydrogens is 140 g/mol. The minimum absolute atomic E-state index is 0.223. The fraction of sp³-hybridized carbons (Fsp3) is 1.00. The standard InChI is InChI=1S/C8H18N2O/c1-10(2)8(6-9)4-7(5-8)11-3/h7H,4-6,9H2,1-3H3. The summed E-state index contributed by atoms with van der Waals surface area (Å²) in [6.07, 6.45) is 2.58. The van der Waals surface area contributed by atoms with Gasteiger partial charge in [-0.2, -0.15) is 0 Å². The topological polar surface area (TPSA) is 38.5 Å².